The number of nitrogens with zero attached hydrogens (tertiary/aromatic N) is 6. The Labute approximate surface area is 197 Å². The molecule has 4 N–H and O–H groups in total. The standard InChI is InChI=1S/C22H29FN8O3/c1-33-17-12-31(13-17)21-26-10-16(11-27-21)29-6-3-7-30(9-8-29)18-5-2-4-15(19(18)23)14-34-22(32)28-20(24)25/h2,4-5,10-11,17H,3,6-9,12-14H2,1H3,(H4,24,25,28,32). The third kappa shape index (κ3) is 5.45. The van der Waals surface area contributed by atoms with E-state index in [1.807, 2.05) is 17.3 Å². The van der Waals surface area contributed by atoms with Gasteiger partial charge in [-0.2, -0.15) is 0 Å². The van der Waals surface area contributed by atoms with Crippen molar-refractivity contribution in [2.75, 3.05) is 61.1 Å². The van der Waals surface area contributed by atoms with E-state index in [4.69, 9.17) is 20.9 Å². The van der Waals surface area contributed by atoms with Gasteiger partial charge in [-0.3, -0.25) is 0 Å². The summed E-state index contributed by atoms with van der Waals surface area (Å²) in [6.45, 7) is 4.15. The van der Waals surface area contributed by atoms with Gasteiger partial charge in [0.2, 0.25) is 5.95 Å². The lowest BCUT2D eigenvalue weighted by Gasteiger charge is -2.38. The van der Waals surface area contributed by atoms with Crippen molar-refractivity contribution in [1.82, 2.24) is 9.97 Å². The molecule has 2 saturated heterocycles. The number of ether oxygens (including phenoxy) is 2. The second-order valence-electron chi connectivity index (χ2n) is 8.17. The number of hydrogen-bond acceptors (Lipinski definition) is 8. The summed E-state index contributed by atoms with van der Waals surface area (Å²) in [4.78, 5) is 30.1. The zero-order valence-electron chi connectivity index (χ0n) is 19.1. The van der Waals surface area contributed by atoms with Gasteiger partial charge in [-0.25, -0.2) is 19.2 Å². The molecule has 0 aliphatic carbocycles. The van der Waals surface area contributed by atoms with Crippen molar-refractivity contribution in [2.45, 2.75) is 19.1 Å². The lowest BCUT2D eigenvalue weighted by Crippen LogP contribution is -2.52. The molecule has 12 heteroatoms. The van der Waals surface area contributed by atoms with Crippen molar-refractivity contribution in [2.24, 2.45) is 16.5 Å². The van der Waals surface area contributed by atoms with Crippen molar-refractivity contribution in [3.8, 4) is 0 Å². The molecule has 0 unspecified atom stereocenters. The third-order valence-electron chi connectivity index (χ3n) is 5.92. The van der Waals surface area contributed by atoms with E-state index in [0.717, 1.165) is 31.7 Å². The van der Waals surface area contributed by atoms with Crippen LogP contribution in [0.15, 0.2) is 35.6 Å². The number of halogens is 1. The van der Waals surface area contributed by atoms with Crippen LogP contribution in [0.2, 0.25) is 0 Å². The quantitative estimate of drug-likeness (QED) is 0.464. The molecule has 1 amide bonds. The molecule has 4 rings (SSSR count). The SMILES string of the molecule is COC1CN(c2ncc(N3CCCN(c4cccc(COC(=O)N=C(N)N)c4F)CC3)cn2)C1. The first-order valence-corrected chi connectivity index (χ1v) is 11.1. The van der Waals surface area contributed by atoms with E-state index in [0.29, 0.717) is 31.3 Å². The molecular formula is C22H29FN8O3. The van der Waals surface area contributed by atoms with E-state index in [-0.39, 0.29) is 18.3 Å². The summed E-state index contributed by atoms with van der Waals surface area (Å²) in [5, 5.41) is 0. The Hall–Kier alpha value is -3.67. The minimum atomic E-state index is -0.962. The van der Waals surface area contributed by atoms with E-state index < -0.39 is 17.9 Å². The van der Waals surface area contributed by atoms with Crippen LogP contribution in [-0.2, 0) is 16.1 Å². The molecule has 0 spiro atoms. The lowest BCUT2D eigenvalue weighted by atomic mass is 10.1. The van der Waals surface area contributed by atoms with Crippen molar-refractivity contribution < 1.29 is 18.7 Å². The minimum absolute atomic E-state index is 0.240. The Kier molecular flexibility index (Phi) is 7.26. The number of hydrogen-bond donors (Lipinski definition) is 2. The highest BCUT2D eigenvalue weighted by Gasteiger charge is 2.28. The summed E-state index contributed by atoms with van der Waals surface area (Å²) < 4.78 is 25.4. The number of methoxy groups -OCH3 is 1. The van der Waals surface area contributed by atoms with Gasteiger partial charge < -0.3 is 35.6 Å². The molecule has 11 nitrogen and oxygen atoms in total. The van der Waals surface area contributed by atoms with Crippen LogP contribution in [0.1, 0.15) is 12.0 Å². The van der Waals surface area contributed by atoms with E-state index in [9.17, 15) is 4.79 Å². The highest BCUT2D eigenvalue weighted by atomic mass is 19.1. The van der Waals surface area contributed by atoms with Gasteiger partial charge in [-0.05, 0) is 12.5 Å². The van der Waals surface area contributed by atoms with Gasteiger partial charge >= 0.3 is 6.09 Å². The molecule has 1 aromatic heterocycles. The van der Waals surface area contributed by atoms with Crippen LogP contribution in [0.3, 0.4) is 0 Å². The highest BCUT2D eigenvalue weighted by Crippen LogP contribution is 2.26. The topological polar surface area (TPSA) is 135 Å². The monoisotopic (exact) mass is 472 g/mol. The number of carbonyl (C=O) groups is 1. The van der Waals surface area contributed by atoms with Crippen LogP contribution >= 0.6 is 0 Å². The Morgan fingerprint density at radius 2 is 1.82 bits per heavy atom. The zero-order chi connectivity index (χ0) is 24.1. The van der Waals surface area contributed by atoms with Gasteiger partial charge in [0.25, 0.3) is 0 Å². The van der Waals surface area contributed by atoms with E-state index in [1.54, 1.807) is 25.3 Å². The number of carbonyl (C=O) groups excluding carboxylic acids is 1. The van der Waals surface area contributed by atoms with Crippen molar-refractivity contribution in [1.29, 1.82) is 0 Å². The number of aromatic nitrogens is 2. The number of guanidine groups is 1. The molecule has 0 saturated carbocycles. The third-order valence-corrected chi connectivity index (χ3v) is 5.92. The summed E-state index contributed by atoms with van der Waals surface area (Å²) >= 11 is 0. The molecule has 0 atom stereocenters. The second-order valence-corrected chi connectivity index (χ2v) is 8.17. The number of aliphatic imine (C=N–C) groups is 1. The van der Waals surface area contributed by atoms with Crippen LogP contribution in [0.4, 0.5) is 26.5 Å². The molecule has 3 heterocycles. The summed E-state index contributed by atoms with van der Waals surface area (Å²) in [5.74, 6) is -0.133. The average Bonchev–Trinajstić information content (AvgIpc) is 3.04. The fraction of sp³-hybridized carbons (Fsp3) is 0.455. The van der Waals surface area contributed by atoms with Crippen molar-refractivity contribution in [3.05, 3.63) is 42.0 Å². The average molecular weight is 473 g/mol. The molecular weight excluding hydrogens is 443 g/mol. The molecule has 182 valence electrons. The van der Waals surface area contributed by atoms with Crippen LogP contribution in [0.25, 0.3) is 0 Å². The van der Waals surface area contributed by atoms with Crippen LogP contribution in [0.5, 0.6) is 0 Å². The fourth-order valence-corrected chi connectivity index (χ4v) is 4.01. The number of rotatable bonds is 6. The van der Waals surface area contributed by atoms with Gasteiger partial charge in [0, 0.05) is 51.9 Å². The van der Waals surface area contributed by atoms with E-state index in [2.05, 4.69) is 24.8 Å². The molecule has 2 aliphatic heterocycles. The number of anilines is 3. The van der Waals surface area contributed by atoms with Crippen LogP contribution in [-0.4, -0.2) is 74.5 Å². The Morgan fingerprint density at radius 1 is 1.12 bits per heavy atom. The maximum Gasteiger partial charge on any atom is 0.437 e. The lowest BCUT2D eigenvalue weighted by molar-refractivity contribution is 0.0778. The summed E-state index contributed by atoms with van der Waals surface area (Å²) in [7, 11) is 1.71. The molecule has 0 radical (unpaired) electrons. The normalized spacial score (nSPS) is 16.6. The van der Waals surface area contributed by atoms with Gasteiger partial charge in [0.05, 0.1) is 29.9 Å². The predicted molar refractivity (Wildman–Crippen MR) is 126 cm³/mol. The smallest absolute Gasteiger partial charge is 0.437 e. The number of benzene rings is 1. The molecule has 0 bridgehead atoms. The first-order chi connectivity index (χ1) is 16.4. The van der Waals surface area contributed by atoms with Crippen LogP contribution < -0.4 is 26.2 Å². The number of amides is 1. The summed E-state index contributed by atoms with van der Waals surface area (Å²) in [6.07, 6.45) is 3.79. The van der Waals surface area contributed by atoms with Gasteiger partial charge in [-0.15, -0.1) is 4.99 Å². The summed E-state index contributed by atoms with van der Waals surface area (Å²) in [5.41, 5.74) is 12.0. The second kappa shape index (κ2) is 10.5. The molecule has 1 aromatic carbocycles. The number of nitrogens with two attached hydrogens (primary N) is 2. The van der Waals surface area contributed by atoms with Crippen LogP contribution in [0, 0.1) is 5.82 Å². The van der Waals surface area contributed by atoms with Gasteiger partial charge in [0.15, 0.2) is 11.8 Å². The Morgan fingerprint density at radius 3 is 2.53 bits per heavy atom. The zero-order valence-corrected chi connectivity index (χ0v) is 19.1. The molecule has 2 fully saturated rings. The summed E-state index contributed by atoms with van der Waals surface area (Å²) in [6, 6.07) is 5.03. The van der Waals surface area contributed by atoms with Crippen molar-refractivity contribution >= 4 is 29.4 Å². The maximum absolute atomic E-state index is 15.2. The van der Waals surface area contributed by atoms with Gasteiger partial charge in [-0.1, -0.05) is 12.1 Å². The molecule has 2 aromatic rings. The Balaban J connectivity index is 1.37. The van der Waals surface area contributed by atoms with Crippen molar-refractivity contribution in [3.63, 3.8) is 0 Å². The van der Waals surface area contributed by atoms with E-state index in [1.165, 1.54) is 0 Å². The largest absolute Gasteiger partial charge is 0.443 e. The first kappa shape index (κ1) is 23.5. The van der Waals surface area contributed by atoms with Gasteiger partial charge in [0.1, 0.15) is 6.61 Å². The molecule has 2 aliphatic rings. The maximum atomic E-state index is 15.2. The van der Waals surface area contributed by atoms with E-state index >= 15 is 4.39 Å². The minimum Gasteiger partial charge on any atom is -0.443 e. The predicted octanol–water partition coefficient (Wildman–Crippen LogP) is 1.08. The molecule has 34 heavy (non-hydrogen) atoms. The fourth-order valence-electron chi connectivity index (χ4n) is 4.01. The first-order valence-electron chi connectivity index (χ1n) is 11.1. The Bertz CT molecular complexity index is 1030. The highest BCUT2D eigenvalue weighted by molar-refractivity contribution is 5.87.